The maximum Gasteiger partial charge on any atom is 0.319 e. The summed E-state index contributed by atoms with van der Waals surface area (Å²) in [6, 6.07) is 0. The number of aromatic nitrogens is 2. The molecule has 110 valence electrons. The number of hydrogen-bond acceptors (Lipinski definition) is 6. The standard InChI is InChI=1S/C15H16N2O2S2/c1-8-2-3-9-11(6-8)21-14-12(9)13(16-7-17-14)20-10-4-5-19-15(10)18/h7-8,10H,2-6H2,1H3/t8-,10-/m0/s1. The number of rotatable bonds is 2. The van der Waals surface area contributed by atoms with Gasteiger partial charge in [-0.25, -0.2) is 9.97 Å². The van der Waals surface area contributed by atoms with E-state index in [0.717, 1.165) is 35.0 Å². The van der Waals surface area contributed by atoms with E-state index in [1.165, 1.54) is 22.2 Å². The first-order chi connectivity index (χ1) is 10.2. The third-order valence-electron chi connectivity index (χ3n) is 4.20. The molecular formula is C15H16N2O2S2. The van der Waals surface area contributed by atoms with Crippen molar-refractivity contribution in [3.8, 4) is 0 Å². The lowest BCUT2D eigenvalue weighted by atomic mass is 9.89. The highest BCUT2D eigenvalue weighted by molar-refractivity contribution is 8.00. The molecule has 1 saturated heterocycles. The molecule has 2 aromatic heterocycles. The van der Waals surface area contributed by atoms with Crippen LogP contribution in [-0.2, 0) is 22.4 Å². The van der Waals surface area contributed by atoms with Crippen molar-refractivity contribution in [2.75, 3.05) is 6.61 Å². The minimum atomic E-state index is -0.110. The average molecular weight is 320 g/mol. The van der Waals surface area contributed by atoms with Crippen LogP contribution in [0.1, 0.15) is 30.2 Å². The Kier molecular flexibility index (Phi) is 3.38. The highest BCUT2D eigenvalue weighted by Gasteiger charge is 2.30. The summed E-state index contributed by atoms with van der Waals surface area (Å²) >= 11 is 3.34. The van der Waals surface area contributed by atoms with Crippen LogP contribution < -0.4 is 0 Å². The second kappa shape index (κ2) is 5.25. The number of thioether (sulfide) groups is 1. The maximum absolute atomic E-state index is 11.7. The molecule has 1 fully saturated rings. The number of fused-ring (bicyclic) bond motifs is 3. The van der Waals surface area contributed by atoms with Crippen LogP contribution in [0.25, 0.3) is 10.2 Å². The van der Waals surface area contributed by atoms with Gasteiger partial charge in [-0.1, -0.05) is 18.7 Å². The SMILES string of the molecule is C[C@H]1CCc2c(sc3ncnc(S[C@H]4CCOC4=O)c23)C1. The molecule has 4 nitrogen and oxygen atoms in total. The number of esters is 1. The number of cyclic esters (lactones) is 1. The van der Waals surface area contributed by atoms with Gasteiger partial charge in [0.25, 0.3) is 0 Å². The van der Waals surface area contributed by atoms with E-state index in [1.54, 1.807) is 29.4 Å². The van der Waals surface area contributed by atoms with Crippen LogP contribution >= 0.6 is 23.1 Å². The largest absolute Gasteiger partial charge is 0.465 e. The average Bonchev–Trinajstić information content (AvgIpc) is 3.02. The lowest BCUT2D eigenvalue weighted by Gasteiger charge is -2.18. The fourth-order valence-electron chi connectivity index (χ4n) is 3.05. The molecule has 2 aliphatic rings. The molecule has 1 aliphatic carbocycles. The monoisotopic (exact) mass is 320 g/mol. The zero-order chi connectivity index (χ0) is 14.4. The van der Waals surface area contributed by atoms with Crippen LogP contribution in [0, 0.1) is 5.92 Å². The highest BCUT2D eigenvalue weighted by atomic mass is 32.2. The maximum atomic E-state index is 11.7. The zero-order valence-electron chi connectivity index (χ0n) is 11.8. The van der Waals surface area contributed by atoms with Gasteiger partial charge in [-0.2, -0.15) is 0 Å². The first-order valence-corrected chi connectivity index (χ1v) is 9.00. The van der Waals surface area contributed by atoms with Crippen LogP contribution in [-0.4, -0.2) is 27.8 Å². The van der Waals surface area contributed by atoms with Gasteiger partial charge in [0.15, 0.2) is 0 Å². The molecule has 0 saturated carbocycles. The van der Waals surface area contributed by atoms with E-state index in [9.17, 15) is 4.79 Å². The Bertz CT molecular complexity index is 713. The first-order valence-electron chi connectivity index (χ1n) is 7.31. The van der Waals surface area contributed by atoms with Crippen molar-refractivity contribution < 1.29 is 9.53 Å². The third kappa shape index (κ3) is 2.34. The summed E-state index contributed by atoms with van der Waals surface area (Å²) in [5, 5.41) is 2.03. The Balaban J connectivity index is 1.77. The fourth-order valence-corrected chi connectivity index (χ4v) is 5.56. The van der Waals surface area contributed by atoms with Crippen LogP contribution in [0.2, 0.25) is 0 Å². The summed E-state index contributed by atoms with van der Waals surface area (Å²) in [4.78, 5) is 23.1. The van der Waals surface area contributed by atoms with E-state index in [4.69, 9.17) is 4.74 Å². The second-order valence-corrected chi connectivity index (χ2v) is 8.05. The lowest BCUT2D eigenvalue weighted by molar-refractivity contribution is -0.137. The van der Waals surface area contributed by atoms with Gasteiger partial charge >= 0.3 is 5.97 Å². The quantitative estimate of drug-likeness (QED) is 0.628. The molecular weight excluding hydrogens is 304 g/mol. The molecule has 21 heavy (non-hydrogen) atoms. The summed E-state index contributed by atoms with van der Waals surface area (Å²) in [5.41, 5.74) is 1.42. The van der Waals surface area contributed by atoms with Gasteiger partial charge in [-0.05, 0) is 30.7 Å². The molecule has 0 N–H and O–H groups in total. The molecule has 2 aromatic rings. The minimum absolute atomic E-state index is 0.107. The minimum Gasteiger partial charge on any atom is -0.465 e. The van der Waals surface area contributed by atoms with Crippen molar-refractivity contribution in [2.45, 2.75) is 42.9 Å². The number of thiophene rings is 1. The number of aryl methyl sites for hydroxylation is 1. The number of hydrogen-bond donors (Lipinski definition) is 0. The Hall–Kier alpha value is -1.14. The Morgan fingerprint density at radius 2 is 2.29 bits per heavy atom. The van der Waals surface area contributed by atoms with Gasteiger partial charge in [0, 0.05) is 16.7 Å². The molecule has 1 aliphatic heterocycles. The van der Waals surface area contributed by atoms with E-state index in [0.29, 0.717) is 6.61 Å². The molecule has 0 bridgehead atoms. The summed E-state index contributed by atoms with van der Waals surface area (Å²) < 4.78 is 5.06. The van der Waals surface area contributed by atoms with E-state index in [1.807, 2.05) is 0 Å². The van der Waals surface area contributed by atoms with Gasteiger partial charge < -0.3 is 4.74 Å². The number of nitrogens with zero attached hydrogens (tertiary/aromatic N) is 2. The van der Waals surface area contributed by atoms with E-state index in [-0.39, 0.29) is 11.2 Å². The Labute approximate surface area is 131 Å². The number of carbonyl (C=O) groups is 1. The van der Waals surface area contributed by atoms with Gasteiger partial charge in [0.2, 0.25) is 0 Å². The predicted octanol–water partition coefficient (Wildman–Crippen LogP) is 3.22. The van der Waals surface area contributed by atoms with Crippen molar-refractivity contribution in [3.05, 3.63) is 16.8 Å². The smallest absolute Gasteiger partial charge is 0.319 e. The molecule has 0 aromatic carbocycles. The van der Waals surface area contributed by atoms with Crippen LogP contribution in [0.15, 0.2) is 11.4 Å². The van der Waals surface area contributed by atoms with Crippen molar-refractivity contribution in [1.29, 1.82) is 0 Å². The molecule has 2 atom stereocenters. The fraction of sp³-hybridized carbons (Fsp3) is 0.533. The highest BCUT2D eigenvalue weighted by Crippen LogP contribution is 2.42. The Morgan fingerprint density at radius 1 is 1.38 bits per heavy atom. The van der Waals surface area contributed by atoms with E-state index >= 15 is 0 Å². The van der Waals surface area contributed by atoms with E-state index < -0.39 is 0 Å². The van der Waals surface area contributed by atoms with Crippen LogP contribution in [0.4, 0.5) is 0 Å². The molecule has 4 rings (SSSR count). The summed E-state index contributed by atoms with van der Waals surface area (Å²) in [6.45, 7) is 2.84. The molecule has 0 spiro atoms. The summed E-state index contributed by atoms with van der Waals surface area (Å²) in [7, 11) is 0. The molecule has 0 amide bonds. The van der Waals surface area contributed by atoms with Gasteiger partial charge in [-0.15, -0.1) is 11.3 Å². The third-order valence-corrected chi connectivity index (χ3v) is 6.61. The van der Waals surface area contributed by atoms with Gasteiger partial charge in [0.05, 0.1) is 6.61 Å². The molecule has 0 radical (unpaired) electrons. The summed E-state index contributed by atoms with van der Waals surface area (Å²) in [5.74, 6) is 0.643. The van der Waals surface area contributed by atoms with Crippen molar-refractivity contribution in [3.63, 3.8) is 0 Å². The van der Waals surface area contributed by atoms with Gasteiger partial charge in [-0.3, -0.25) is 4.79 Å². The van der Waals surface area contributed by atoms with E-state index in [2.05, 4.69) is 16.9 Å². The van der Waals surface area contributed by atoms with Gasteiger partial charge in [0.1, 0.15) is 21.4 Å². The predicted molar refractivity (Wildman–Crippen MR) is 83.8 cm³/mol. The number of carbonyl (C=O) groups excluding carboxylic acids is 1. The van der Waals surface area contributed by atoms with Crippen LogP contribution in [0.5, 0.6) is 0 Å². The molecule has 0 unspecified atom stereocenters. The lowest BCUT2D eigenvalue weighted by Crippen LogP contribution is -2.11. The number of ether oxygens (including phenoxy) is 1. The first kappa shape index (κ1) is 13.5. The second-order valence-electron chi connectivity index (χ2n) is 5.77. The van der Waals surface area contributed by atoms with Crippen molar-refractivity contribution >= 4 is 39.3 Å². The molecule has 6 heteroatoms. The van der Waals surface area contributed by atoms with Crippen molar-refractivity contribution in [2.24, 2.45) is 5.92 Å². The topological polar surface area (TPSA) is 52.1 Å². The summed E-state index contributed by atoms with van der Waals surface area (Å²) in [6.07, 6.45) is 5.87. The van der Waals surface area contributed by atoms with Crippen LogP contribution in [0.3, 0.4) is 0 Å². The Morgan fingerprint density at radius 3 is 3.10 bits per heavy atom. The molecule has 3 heterocycles. The zero-order valence-corrected chi connectivity index (χ0v) is 13.4. The normalized spacial score (nSPS) is 25.1. The van der Waals surface area contributed by atoms with Crippen molar-refractivity contribution in [1.82, 2.24) is 9.97 Å².